The van der Waals surface area contributed by atoms with Crippen molar-refractivity contribution in [1.82, 2.24) is 10.3 Å². The minimum Gasteiger partial charge on any atom is -0.497 e. The Balaban J connectivity index is 1.85. The van der Waals surface area contributed by atoms with Gasteiger partial charge in [0.05, 0.1) is 17.5 Å². The number of methoxy groups -OCH3 is 1. The van der Waals surface area contributed by atoms with Crippen molar-refractivity contribution in [2.75, 3.05) is 13.7 Å². The van der Waals surface area contributed by atoms with Crippen molar-refractivity contribution in [3.05, 3.63) is 45.9 Å². The summed E-state index contributed by atoms with van der Waals surface area (Å²) in [5.41, 5.74) is 1.48. The quantitative estimate of drug-likeness (QED) is 0.790. The normalized spacial score (nSPS) is 11.3. The van der Waals surface area contributed by atoms with Crippen LogP contribution in [0.2, 0.25) is 0 Å². The lowest BCUT2D eigenvalue weighted by molar-refractivity contribution is -0.125. The Kier molecular flexibility index (Phi) is 5.77. The highest BCUT2D eigenvalue weighted by Gasteiger charge is 2.29. The van der Waals surface area contributed by atoms with Crippen LogP contribution in [0.5, 0.6) is 5.75 Å². The van der Waals surface area contributed by atoms with Crippen molar-refractivity contribution >= 4 is 17.2 Å². The molecule has 0 aliphatic heterocycles. The van der Waals surface area contributed by atoms with Crippen LogP contribution >= 0.6 is 11.3 Å². The Labute approximate surface area is 141 Å². The molecule has 4 nitrogen and oxygen atoms in total. The largest absolute Gasteiger partial charge is 0.497 e. The van der Waals surface area contributed by atoms with E-state index in [-0.39, 0.29) is 5.91 Å². The van der Waals surface area contributed by atoms with E-state index in [4.69, 9.17) is 4.74 Å². The molecule has 2 rings (SSSR count). The van der Waals surface area contributed by atoms with Crippen LogP contribution in [0.1, 0.15) is 36.5 Å². The van der Waals surface area contributed by atoms with Crippen molar-refractivity contribution in [3.63, 3.8) is 0 Å². The van der Waals surface area contributed by atoms with Crippen LogP contribution in [0, 0.1) is 6.92 Å². The molecule has 1 N–H and O–H groups in total. The van der Waals surface area contributed by atoms with Crippen LogP contribution in [-0.4, -0.2) is 24.5 Å². The number of amides is 1. The van der Waals surface area contributed by atoms with E-state index in [1.54, 1.807) is 18.4 Å². The molecule has 0 radical (unpaired) electrons. The highest BCUT2D eigenvalue weighted by atomic mass is 32.1. The maximum atomic E-state index is 12.5. The SMILES string of the molecule is COc1ccc(C(C)(C)C(=O)NCCCc2nc(C)cs2)cc1. The molecule has 0 saturated heterocycles. The zero-order valence-electron chi connectivity index (χ0n) is 14.2. The predicted molar refractivity (Wildman–Crippen MR) is 94.2 cm³/mol. The smallest absolute Gasteiger partial charge is 0.230 e. The number of hydrogen-bond donors (Lipinski definition) is 1. The summed E-state index contributed by atoms with van der Waals surface area (Å²) in [6, 6.07) is 7.65. The highest BCUT2D eigenvalue weighted by molar-refractivity contribution is 7.09. The standard InChI is InChI=1S/C18H24N2O2S/c1-13-12-23-16(20-13)6-5-11-19-17(21)18(2,3)14-7-9-15(22-4)10-8-14/h7-10,12H,5-6,11H2,1-4H3,(H,19,21). The number of benzene rings is 1. The van der Waals surface area contributed by atoms with Gasteiger partial charge in [-0.05, 0) is 44.9 Å². The molecule has 23 heavy (non-hydrogen) atoms. The van der Waals surface area contributed by atoms with Gasteiger partial charge in [0.25, 0.3) is 0 Å². The lowest BCUT2D eigenvalue weighted by Gasteiger charge is -2.24. The van der Waals surface area contributed by atoms with Crippen LogP contribution in [-0.2, 0) is 16.6 Å². The third kappa shape index (κ3) is 4.55. The number of nitrogens with one attached hydrogen (secondary N) is 1. The number of aryl methyl sites for hydroxylation is 2. The van der Waals surface area contributed by atoms with Gasteiger partial charge in [0.15, 0.2) is 0 Å². The van der Waals surface area contributed by atoms with E-state index >= 15 is 0 Å². The minimum atomic E-state index is -0.565. The number of aromatic nitrogens is 1. The average molecular weight is 332 g/mol. The van der Waals surface area contributed by atoms with E-state index < -0.39 is 5.41 Å². The fraction of sp³-hybridized carbons (Fsp3) is 0.444. The van der Waals surface area contributed by atoms with Gasteiger partial charge in [-0.1, -0.05) is 12.1 Å². The molecule has 0 spiro atoms. The predicted octanol–water partition coefficient (Wildman–Crippen LogP) is 3.49. The molecule has 0 fully saturated rings. The lowest BCUT2D eigenvalue weighted by Crippen LogP contribution is -2.40. The van der Waals surface area contributed by atoms with Crippen molar-refractivity contribution < 1.29 is 9.53 Å². The average Bonchev–Trinajstić information content (AvgIpc) is 2.96. The molecule has 124 valence electrons. The third-order valence-corrected chi connectivity index (χ3v) is 4.93. The van der Waals surface area contributed by atoms with Gasteiger partial charge in [0.2, 0.25) is 5.91 Å². The molecule has 1 aromatic carbocycles. The summed E-state index contributed by atoms with van der Waals surface area (Å²) in [4.78, 5) is 16.9. The van der Waals surface area contributed by atoms with Crippen molar-refractivity contribution in [2.24, 2.45) is 0 Å². The lowest BCUT2D eigenvalue weighted by atomic mass is 9.83. The Morgan fingerprint density at radius 3 is 2.57 bits per heavy atom. The van der Waals surface area contributed by atoms with Crippen LogP contribution in [0.3, 0.4) is 0 Å². The number of carbonyl (C=O) groups excluding carboxylic acids is 1. The second kappa shape index (κ2) is 7.59. The molecule has 1 amide bonds. The summed E-state index contributed by atoms with van der Waals surface area (Å²) in [5.74, 6) is 0.835. The Bertz CT molecular complexity index is 647. The summed E-state index contributed by atoms with van der Waals surface area (Å²) in [5, 5.41) is 6.22. The Hall–Kier alpha value is -1.88. The van der Waals surface area contributed by atoms with Gasteiger partial charge in [-0.2, -0.15) is 0 Å². The number of nitrogens with zero attached hydrogens (tertiary/aromatic N) is 1. The molecular weight excluding hydrogens is 308 g/mol. The van der Waals surface area contributed by atoms with E-state index in [9.17, 15) is 4.79 Å². The number of rotatable bonds is 7. The minimum absolute atomic E-state index is 0.0398. The molecule has 0 unspecified atom stereocenters. The molecule has 0 aliphatic rings. The molecule has 0 aliphatic carbocycles. The van der Waals surface area contributed by atoms with Crippen LogP contribution in [0.25, 0.3) is 0 Å². The Morgan fingerprint density at radius 2 is 2.00 bits per heavy atom. The number of ether oxygens (including phenoxy) is 1. The van der Waals surface area contributed by atoms with Gasteiger partial charge in [-0.15, -0.1) is 11.3 Å². The molecule has 1 heterocycles. The molecule has 5 heteroatoms. The van der Waals surface area contributed by atoms with E-state index in [1.807, 2.05) is 45.0 Å². The van der Waals surface area contributed by atoms with E-state index in [1.165, 1.54) is 0 Å². The number of hydrogen-bond acceptors (Lipinski definition) is 4. The first-order valence-corrected chi connectivity index (χ1v) is 8.65. The van der Waals surface area contributed by atoms with Gasteiger partial charge >= 0.3 is 0 Å². The summed E-state index contributed by atoms with van der Waals surface area (Å²) in [7, 11) is 1.64. The summed E-state index contributed by atoms with van der Waals surface area (Å²) < 4.78 is 5.16. The van der Waals surface area contributed by atoms with E-state index in [0.29, 0.717) is 6.54 Å². The summed E-state index contributed by atoms with van der Waals surface area (Å²) in [6.45, 7) is 6.54. The van der Waals surface area contributed by atoms with Gasteiger partial charge in [-0.25, -0.2) is 4.98 Å². The zero-order valence-corrected chi connectivity index (χ0v) is 15.0. The highest BCUT2D eigenvalue weighted by Crippen LogP contribution is 2.25. The fourth-order valence-corrected chi connectivity index (χ4v) is 3.14. The van der Waals surface area contributed by atoms with Gasteiger partial charge in [0, 0.05) is 24.0 Å². The molecule has 0 saturated carbocycles. The van der Waals surface area contributed by atoms with Gasteiger partial charge < -0.3 is 10.1 Å². The van der Waals surface area contributed by atoms with Crippen molar-refractivity contribution in [1.29, 1.82) is 0 Å². The van der Waals surface area contributed by atoms with E-state index in [2.05, 4.69) is 15.7 Å². The van der Waals surface area contributed by atoms with Crippen LogP contribution in [0.15, 0.2) is 29.6 Å². The third-order valence-electron chi connectivity index (χ3n) is 3.90. The topological polar surface area (TPSA) is 51.2 Å². The molecule has 2 aromatic rings. The second-order valence-corrected chi connectivity index (χ2v) is 7.04. The molecular formula is C18H24N2O2S. The van der Waals surface area contributed by atoms with Crippen LogP contribution < -0.4 is 10.1 Å². The summed E-state index contributed by atoms with van der Waals surface area (Å²) in [6.07, 6.45) is 1.80. The maximum absolute atomic E-state index is 12.5. The first-order chi connectivity index (χ1) is 10.9. The maximum Gasteiger partial charge on any atom is 0.230 e. The van der Waals surface area contributed by atoms with E-state index in [0.717, 1.165) is 34.9 Å². The first-order valence-electron chi connectivity index (χ1n) is 7.77. The zero-order chi connectivity index (χ0) is 16.9. The van der Waals surface area contributed by atoms with Gasteiger partial charge in [0.1, 0.15) is 5.75 Å². The van der Waals surface area contributed by atoms with Gasteiger partial charge in [-0.3, -0.25) is 4.79 Å². The van der Waals surface area contributed by atoms with Crippen molar-refractivity contribution in [3.8, 4) is 5.75 Å². The molecule has 0 bridgehead atoms. The first kappa shape index (κ1) is 17.5. The molecule has 1 aromatic heterocycles. The monoisotopic (exact) mass is 332 g/mol. The van der Waals surface area contributed by atoms with Crippen molar-refractivity contribution in [2.45, 2.75) is 39.0 Å². The summed E-state index contributed by atoms with van der Waals surface area (Å²) >= 11 is 1.68. The van der Waals surface area contributed by atoms with Crippen LogP contribution in [0.4, 0.5) is 0 Å². The number of thiazole rings is 1. The molecule has 0 atom stereocenters. The Morgan fingerprint density at radius 1 is 1.30 bits per heavy atom. The fourth-order valence-electron chi connectivity index (χ4n) is 2.32. The number of carbonyl (C=O) groups is 1. The second-order valence-electron chi connectivity index (χ2n) is 6.10.